The normalized spacial score (nSPS) is 11.7. The molecule has 0 saturated carbocycles. The Kier molecular flexibility index (Phi) is 6.87. The smallest absolute Gasteiger partial charge is 0.261 e. The molecular weight excluding hydrogens is 314 g/mol. The van der Waals surface area contributed by atoms with Crippen LogP contribution in [-0.2, 0) is 4.79 Å². The Labute approximate surface area is 150 Å². The van der Waals surface area contributed by atoms with Crippen LogP contribution in [0.25, 0.3) is 0 Å². The molecule has 1 unspecified atom stereocenters. The Balaban J connectivity index is 1.79. The molecule has 1 amide bonds. The average molecular weight is 341 g/mol. The molecule has 0 fully saturated rings. The van der Waals surface area contributed by atoms with Gasteiger partial charge < -0.3 is 14.8 Å². The van der Waals surface area contributed by atoms with Crippen molar-refractivity contribution < 1.29 is 14.3 Å². The van der Waals surface area contributed by atoms with Gasteiger partial charge in [-0.05, 0) is 56.5 Å². The molecule has 2 aromatic rings. The van der Waals surface area contributed by atoms with E-state index in [2.05, 4.69) is 11.4 Å². The molecule has 0 heterocycles. The Morgan fingerprint density at radius 2 is 1.72 bits per heavy atom. The van der Waals surface area contributed by atoms with Crippen LogP contribution in [0.1, 0.15) is 30.0 Å². The second-order valence-electron chi connectivity index (χ2n) is 6.24. The monoisotopic (exact) mass is 341 g/mol. The van der Waals surface area contributed by atoms with E-state index in [0.717, 1.165) is 22.4 Å². The first-order valence-corrected chi connectivity index (χ1v) is 8.70. The molecule has 0 aliphatic heterocycles. The highest BCUT2D eigenvalue weighted by atomic mass is 16.5. The van der Waals surface area contributed by atoms with Gasteiger partial charge in [0.25, 0.3) is 5.91 Å². The Morgan fingerprint density at radius 1 is 1.04 bits per heavy atom. The summed E-state index contributed by atoms with van der Waals surface area (Å²) in [5, 5.41) is 2.88. The fraction of sp³-hybridized carbons (Fsp3) is 0.381. The van der Waals surface area contributed by atoms with Gasteiger partial charge in [-0.2, -0.15) is 0 Å². The van der Waals surface area contributed by atoms with Gasteiger partial charge in [0.1, 0.15) is 18.1 Å². The summed E-state index contributed by atoms with van der Waals surface area (Å²) in [6.45, 7) is 8.87. The van der Waals surface area contributed by atoms with Crippen molar-refractivity contribution in [3.63, 3.8) is 0 Å². The lowest BCUT2D eigenvalue weighted by molar-refractivity contribution is -0.128. The third-order valence-electron chi connectivity index (χ3n) is 3.97. The van der Waals surface area contributed by atoms with Crippen LogP contribution in [0.3, 0.4) is 0 Å². The van der Waals surface area contributed by atoms with E-state index in [4.69, 9.17) is 9.47 Å². The number of ether oxygens (including phenoxy) is 2. The van der Waals surface area contributed by atoms with Crippen molar-refractivity contribution in [2.75, 3.05) is 13.2 Å². The number of hydrogen-bond donors (Lipinski definition) is 1. The highest BCUT2D eigenvalue weighted by molar-refractivity contribution is 5.81. The van der Waals surface area contributed by atoms with Gasteiger partial charge in [0.15, 0.2) is 6.10 Å². The van der Waals surface area contributed by atoms with Gasteiger partial charge in [0.05, 0.1) is 6.54 Å². The molecule has 0 radical (unpaired) electrons. The fourth-order valence-corrected chi connectivity index (χ4v) is 2.42. The molecule has 0 aromatic heterocycles. The molecule has 0 aliphatic carbocycles. The number of rotatable bonds is 8. The summed E-state index contributed by atoms with van der Waals surface area (Å²) in [6.07, 6.45) is 0.112. The number of carbonyl (C=O) groups is 1. The maximum atomic E-state index is 12.3. The molecule has 0 bridgehead atoms. The van der Waals surface area contributed by atoms with Gasteiger partial charge in [-0.3, -0.25) is 4.79 Å². The van der Waals surface area contributed by atoms with Crippen molar-refractivity contribution in [2.45, 2.75) is 40.2 Å². The average Bonchev–Trinajstić information content (AvgIpc) is 2.60. The van der Waals surface area contributed by atoms with Gasteiger partial charge in [-0.1, -0.05) is 36.8 Å². The highest BCUT2D eigenvalue weighted by Crippen LogP contribution is 2.19. The predicted octanol–water partition coefficient (Wildman–Crippen LogP) is 3.96. The van der Waals surface area contributed by atoms with Crippen LogP contribution in [0.4, 0.5) is 0 Å². The van der Waals surface area contributed by atoms with Crippen LogP contribution in [0, 0.1) is 20.8 Å². The predicted molar refractivity (Wildman–Crippen MR) is 100 cm³/mol. The zero-order valence-corrected chi connectivity index (χ0v) is 15.5. The van der Waals surface area contributed by atoms with Crippen LogP contribution >= 0.6 is 0 Å². The lowest BCUT2D eigenvalue weighted by Crippen LogP contribution is -2.39. The van der Waals surface area contributed by atoms with Gasteiger partial charge in [-0.25, -0.2) is 0 Å². The zero-order valence-electron chi connectivity index (χ0n) is 15.5. The quantitative estimate of drug-likeness (QED) is 0.739. The van der Waals surface area contributed by atoms with E-state index in [9.17, 15) is 4.79 Å². The number of benzene rings is 2. The van der Waals surface area contributed by atoms with Gasteiger partial charge >= 0.3 is 0 Å². The molecule has 0 saturated heterocycles. The fourth-order valence-electron chi connectivity index (χ4n) is 2.42. The third-order valence-corrected chi connectivity index (χ3v) is 3.97. The molecule has 2 rings (SSSR count). The van der Waals surface area contributed by atoms with E-state index in [1.54, 1.807) is 0 Å². The maximum absolute atomic E-state index is 12.3. The van der Waals surface area contributed by atoms with E-state index < -0.39 is 6.10 Å². The van der Waals surface area contributed by atoms with E-state index in [-0.39, 0.29) is 5.91 Å². The van der Waals surface area contributed by atoms with Crippen LogP contribution in [0.15, 0.2) is 42.5 Å². The summed E-state index contributed by atoms with van der Waals surface area (Å²) in [5.41, 5.74) is 3.40. The van der Waals surface area contributed by atoms with Gasteiger partial charge in [0, 0.05) is 0 Å². The number of amides is 1. The molecule has 1 atom stereocenters. The van der Waals surface area contributed by atoms with Crippen molar-refractivity contribution in [2.24, 2.45) is 0 Å². The molecule has 0 aliphatic rings. The topological polar surface area (TPSA) is 47.6 Å². The summed E-state index contributed by atoms with van der Waals surface area (Å²) in [7, 11) is 0. The van der Waals surface area contributed by atoms with E-state index in [0.29, 0.717) is 25.3 Å². The SMILES string of the molecule is CCC(Oc1ccc(C)cc1)C(=O)NCCOc1cc(C)ccc1C. The first kappa shape index (κ1) is 18.8. The minimum absolute atomic E-state index is 0.118. The first-order chi connectivity index (χ1) is 12.0. The molecule has 4 nitrogen and oxygen atoms in total. The van der Waals surface area contributed by atoms with Gasteiger partial charge in [-0.15, -0.1) is 0 Å². The lowest BCUT2D eigenvalue weighted by Gasteiger charge is -2.17. The Hall–Kier alpha value is -2.49. The minimum Gasteiger partial charge on any atom is -0.491 e. The molecular formula is C21H27NO3. The third kappa shape index (κ3) is 5.82. The molecule has 134 valence electrons. The second-order valence-corrected chi connectivity index (χ2v) is 6.24. The number of hydrogen-bond acceptors (Lipinski definition) is 3. The van der Waals surface area contributed by atoms with E-state index >= 15 is 0 Å². The summed E-state index contributed by atoms with van der Waals surface area (Å²) in [6, 6.07) is 13.8. The first-order valence-electron chi connectivity index (χ1n) is 8.70. The second kappa shape index (κ2) is 9.11. The molecule has 2 aromatic carbocycles. The summed E-state index contributed by atoms with van der Waals surface area (Å²) < 4.78 is 11.5. The maximum Gasteiger partial charge on any atom is 0.261 e. The Bertz CT molecular complexity index is 695. The molecule has 1 N–H and O–H groups in total. The van der Waals surface area contributed by atoms with Crippen molar-refractivity contribution in [3.05, 3.63) is 59.2 Å². The highest BCUT2D eigenvalue weighted by Gasteiger charge is 2.17. The van der Waals surface area contributed by atoms with Crippen molar-refractivity contribution in [1.29, 1.82) is 0 Å². The van der Waals surface area contributed by atoms with Crippen LogP contribution in [0.2, 0.25) is 0 Å². The van der Waals surface area contributed by atoms with Gasteiger partial charge in [0.2, 0.25) is 0 Å². The number of nitrogens with one attached hydrogen (secondary N) is 1. The summed E-state index contributed by atoms with van der Waals surface area (Å²) in [5.74, 6) is 1.45. The molecule has 0 spiro atoms. The van der Waals surface area contributed by atoms with Crippen LogP contribution in [0.5, 0.6) is 11.5 Å². The molecule has 4 heteroatoms. The van der Waals surface area contributed by atoms with Crippen LogP contribution in [-0.4, -0.2) is 25.2 Å². The number of carbonyl (C=O) groups excluding carboxylic acids is 1. The van der Waals surface area contributed by atoms with E-state index in [1.165, 1.54) is 0 Å². The largest absolute Gasteiger partial charge is 0.491 e. The number of aryl methyl sites for hydroxylation is 3. The standard InChI is InChI=1S/C21H27NO3/c1-5-19(25-18-10-7-15(2)8-11-18)21(23)22-12-13-24-20-14-16(3)6-9-17(20)4/h6-11,14,19H,5,12-13H2,1-4H3,(H,22,23). The van der Waals surface area contributed by atoms with Crippen molar-refractivity contribution in [3.8, 4) is 11.5 Å². The molecule has 25 heavy (non-hydrogen) atoms. The summed E-state index contributed by atoms with van der Waals surface area (Å²) in [4.78, 5) is 12.3. The zero-order chi connectivity index (χ0) is 18.2. The summed E-state index contributed by atoms with van der Waals surface area (Å²) >= 11 is 0. The minimum atomic E-state index is -0.497. The van der Waals surface area contributed by atoms with E-state index in [1.807, 2.05) is 64.1 Å². The van der Waals surface area contributed by atoms with Crippen molar-refractivity contribution >= 4 is 5.91 Å². The van der Waals surface area contributed by atoms with Crippen LogP contribution < -0.4 is 14.8 Å². The van der Waals surface area contributed by atoms with Crippen molar-refractivity contribution in [1.82, 2.24) is 5.32 Å². The lowest BCUT2D eigenvalue weighted by atomic mass is 10.1. The Morgan fingerprint density at radius 3 is 2.40 bits per heavy atom.